The number of rotatable bonds is 14. The van der Waals surface area contributed by atoms with Crippen molar-refractivity contribution < 1.29 is 26.9 Å². The molecule has 56 heavy (non-hydrogen) atoms. The van der Waals surface area contributed by atoms with Crippen LogP contribution >= 0.6 is 0 Å². The van der Waals surface area contributed by atoms with E-state index in [1.165, 1.54) is 23.7 Å². The predicted molar refractivity (Wildman–Crippen MR) is 212 cm³/mol. The van der Waals surface area contributed by atoms with Crippen LogP contribution in [0.25, 0.3) is 11.3 Å². The number of amides is 1. The van der Waals surface area contributed by atoms with Crippen LogP contribution in [0.4, 0.5) is 11.8 Å². The molecule has 1 N–H and O–H groups in total. The number of ether oxygens (including phenoxy) is 2. The van der Waals surface area contributed by atoms with Gasteiger partial charge in [-0.25, -0.2) is 4.68 Å². The lowest BCUT2D eigenvalue weighted by Crippen LogP contribution is -2.38. The molecule has 0 spiro atoms. The quantitative estimate of drug-likeness (QED) is 0.0955. The molecule has 5 aromatic rings. The van der Waals surface area contributed by atoms with Crippen LogP contribution < -0.4 is 19.7 Å². The van der Waals surface area contributed by atoms with Crippen molar-refractivity contribution in [1.29, 1.82) is 0 Å². The van der Waals surface area contributed by atoms with Gasteiger partial charge in [0.25, 0.3) is 10.1 Å². The summed E-state index contributed by atoms with van der Waals surface area (Å²) in [4.78, 5) is 15.8. The van der Waals surface area contributed by atoms with Crippen LogP contribution in [0.2, 0.25) is 0 Å². The highest BCUT2D eigenvalue weighted by Gasteiger charge is 2.29. The minimum atomic E-state index is -3.59. The Balaban J connectivity index is 0.984. The van der Waals surface area contributed by atoms with Gasteiger partial charge in [-0.1, -0.05) is 45.0 Å². The van der Waals surface area contributed by atoms with Crippen LogP contribution in [0, 0.1) is 0 Å². The summed E-state index contributed by atoms with van der Waals surface area (Å²) in [7, 11) is -3.59. The average Bonchev–Trinajstić information content (AvgIpc) is 3.79. The first-order chi connectivity index (χ1) is 26.8. The predicted octanol–water partition coefficient (Wildman–Crippen LogP) is 6.54. The molecule has 3 atom stereocenters. The molecule has 298 valence electrons. The Hall–Kier alpha value is -5.09. The topological polar surface area (TPSA) is 168 Å². The summed E-state index contributed by atoms with van der Waals surface area (Å²) >= 11 is 0. The molecule has 7 rings (SSSR count). The van der Waals surface area contributed by atoms with Gasteiger partial charge >= 0.3 is 0 Å². The van der Waals surface area contributed by atoms with Crippen molar-refractivity contribution >= 4 is 33.4 Å². The third kappa shape index (κ3) is 9.29. The molecule has 0 bridgehead atoms. The highest BCUT2D eigenvalue weighted by Crippen LogP contribution is 2.42. The molecule has 4 aromatic heterocycles. The molecule has 15 nitrogen and oxygen atoms in total. The number of aromatic nitrogens is 7. The van der Waals surface area contributed by atoms with Gasteiger partial charge in [0, 0.05) is 36.6 Å². The van der Waals surface area contributed by atoms with E-state index in [0.29, 0.717) is 36.3 Å². The second-order valence-electron chi connectivity index (χ2n) is 15.8. The van der Waals surface area contributed by atoms with Gasteiger partial charge in [-0.15, -0.1) is 15.3 Å². The van der Waals surface area contributed by atoms with Crippen LogP contribution in [0.3, 0.4) is 0 Å². The fourth-order valence-electron chi connectivity index (χ4n) is 7.55. The number of carbonyl (C=O) groups excluding carboxylic acids is 1. The maximum Gasteiger partial charge on any atom is 0.264 e. The summed E-state index contributed by atoms with van der Waals surface area (Å²) in [6, 6.07) is 16.4. The highest BCUT2D eigenvalue weighted by molar-refractivity contribution is 7.85. The van der Waals surface area contributed by atoms with E-state index in [1.54, 1.807) is 10.7 Å². The molecule has 1 amide bonds. The lowest BCUT2D eigenvalue weighted by Gasteiger charge is -2.33. The Morgan fingerprint density at radius 1 is 0.982 bits per heavy atom. The fourth-order valence-corrected chi connectivity index (χ4v) is 7.92. The molecule has 16 heteroatoms. The second-order valence-corrected chi connectivity index (χ2v) is 17.4. The van der Waals surface area contributed by atoms with E-state index in [-0.39, 0.29) is 36.5 Å². The molecule has 0 radical (unpaired) electrons. The lowest BCUT2D eigenvalue weighted by atomic mass is 9.79. The Bertz CT molecular complexity index is 2270. The number of pyridine rings is 1. The third-order valence-corrected chi connectivity index (χ3v) is 11.0. The molecule has 1 saturated heterocycles. The zero-order valence-electron chi connectivity index (χ0n) is 32.7. The third-order valence-electron chi connectivity index (χ3n) is 10.5. The summed E-state index contributed by atoms with van der Waals surface area (Å²) < 4.78 is 43.2. The Kier molecular flexibility index (Phi) is 11.6. The van der Waals surface area contributed by atoms with Crippen molar-refractivity contribution in [2.75, 3.05) is 36.2 Å². The van der Waals surface area contributed by atoms with Gasteiger partial charge in [0.15, 0.2) is 5.65 Å². The van der Waals surface area contributed by atoms with E-state index in [2.05, 4.69) is 66.2 Å². The van der Waals surface area contributed by atoms with E-state index in [1.807, 2.05) is 45.2 Å². The molecule has 1 aromatic carbocycles. The van der Waals surface area contributed by atoms with Crippen LogP contribution in [-0.4, -0.2) is 81.0 Å². The molecule has 1 fully saturated rings. The van der Waals surface area contributed by atoms with Gasteiger partial charge in [-0.05, 0) is 81.0 Å². The maximum absolute atomic E-state index is 13.4. The van der Waals surface area contributed by atoms with E-state index in [0.717, 1.165) is 67.9 Å². The standard InChI is InChI=1S/C40H51N9O6S/c1-27-11-8-9-20-47(27)39-45-43-35-19-17-30(26-48(35)39)55-33-18-16-28(31-13-6-7-14-32(31)33)12-10-15-37(50)42-36-24-34(40(2,3)4)46-49(36)29-23-38(44-41-25-29)53-21-22-54-56(5,51)52/h6-7,13-14,17,19,23-28,33H,8-12,15-16,18,20-22H2,1-5H3,(H,42,50). The second kappa shape index (κ2) is 16.6. The number of benzene rings is 1. The number of carbonyl (C=O) groups is 1. The summed E-state index contributed by atoms with van der Waals surface area (Å²) in [5, 5.41) is 24.8. The molecular weight excluding hydrogens is 735 g/mol. The van der Waals surface area contributed by atoms with Crippen molar-refractivity contribution in [3.63, 3.8) is 0 Å². The maximum atomic E-state index is 13.4. The molecule has 3 unspecified atom stereocenters. The van der Waals surface area contributed by atoms with E-state index < -0.39 is 10.1 Å². The van der Waals surface area contributed by atoms with Gasteiger partial charge in [-0.2, -0.15) is 18.6 Å². The van der Waals surface area contributed by atoms with Gasteiger partial charge in [0.1, 0.15) is 30.9 Å². The van der Waals surface area contributed by atoms with E-state index >= 15 is 0 Å². The minimum Gasteiger partial charge on any atom is -0.484 e. The first-order valence-electron chi connectivity index (χ1n) is 19.4. The Morgan fingerprint density at radius 2 is 1.80 bits per heavy atom. The fraction of sp³-hybridized carbons (Fsp3) is 0.500. The van der Waals surface area contributed by atoms with E-state index in [4.69, 9.17) is 18.8 Å². The van der Waals surface area contributed by atoms with Gasteiger partial charge in [-0.3, -0.25) is 13.4 Å². The van der Waals surface area contributed by atoms with Crippen molar-refractivity contribution in [2.24, 2.45) is 0 Å². The number of hydrogen-bond acceptors (Lipinski definition) is 12. The van der Waals surface area contributed by atoms with Crippen LogP contribution in [-0.2, 0) is 24.5 Å². The summed E-state index contributed by atoms with van der Waals surface area (Å²) in [5.74, 6) is 2.53. The summed E-state index contributed by atoms with van der Waals surface area (Å²) in [6.45, 7) is 9.17. The van der Waals surface area contributed by atoms with E-state index in [9.17, 15) is 13.2 Å². The largest absolute Gasteiger partial charge is 0.484 e. The first kappa shape index (κ1) is 39.2. The molecule has 0 saturated carbocycles. The number of nitrogens with zero attached hydrogens (tertiary/aromatic N) is 8. The molecule has 1 aliphatic heterocycles. The molecule has 5 heterocycles. The highest BCUT2D eigenvalue weighted by atomic mass is 32.2. The van der Waals surface area contributed by atoms with Crippen molar-refractivity contribution in [2.45, 2.75) is 103 Å². The van der Waals surface area contributed by atoms with Gasteiger partial charge in [0.2, 0.25) is 17.7 Å². The van der Waals surface area contributed by atoms with Gasteiger partial charge in [0.05, 0.1) is 30.0 Å². The van der Waals surface area contributed by atoms with Crippen molar-refractivity contribution in [3.05, 3.63) is 77.7 Å². The van der Waals surface area contributed by atoms with Crippen LogP contribution in [0.5, 0.6) is 11.6 Å². The first-order valence-corrected chi connectivity index (χ1v) is 21.2. The number of nitrogens with one attached hydrogen (secondary N) is 1. The Labute approximate surface area is 327 Å². The SMILES string of the molecule is CC1CCCCN1c1nnc2ccc(OC3CCC(CCCC(=O)Nc4cc(C(C)(C)C)nn4-c4cnnc(OCCOS(C)(=O)=O)c4)c4ccccc43)cn12. The zero-order chi connectivity index (χ0) is 39.5. The smallest absolute Gasteiger partial charge is 0.264 e. The van der Waals surface area contributed by atoms with Crippen LogP contribution in [0.1, 0.15) is 108 Å². The van der Waals surface area contributed by atoms with Crippen LogP contribution in [0.15, 0.2) is 60.9 Å². The number of anilines is 2. The van der Waals surface area contributed by atoms with Crippen molar-refractivity contribution in [1.82, 2.24) is 34.6 Å². The molecular formula is C40H51N9O6S. The number of hydrogen-bond donors (Lipinski definition) is 1. The average molecular weight is 786 g/mol. The minimum absolute atomic E-state index is 0.0418. The number of fused-ring (bicyclic) bond motifs is 2. The lowest BCUT2D eigenvalue weighted by molar-refractivity contribution is -0.116. The zero-order valence-corrected chi connectivity index (χ0v) is 33.5. The molecule has 1 aliphatic carbocycles. The summed E-state index contributed by atoms with van der Waals surface area (Å²) in [6.07, 6.45) is 11.7. The normalized spacial score (nSPS) is 18.8. The molecule has 2 aliphatic rings. The Morgan fingerprint density at radius 3 is 2.59 bits per heavy atom. The monoisotopic (exact) mass is 785 g/mol. The van der Waals surface area contributed by atoms with Crippen molar-refractivity contribution in [3.8, 4) is 17.3 Å². The number of piperidine rings is 1. The van der Waals surface area contributed by atoms with Gasteiger partial charge < -0.3 is 19.7 Å². The summed E-state index contributed by atoms with van der Waals surface area (Å²) in [5.41, 5.74) is 4.29.